The number of rotatable bonds is 7. The van der Waals surface area contributed by atoms with E-state index in [1.807, 2.05) is 48.5 Å². The van der Waals surface area contributed by atoms with Gasteiger partial charge in [-0.15, -0.1) is 0 Å². The van der Waals surface area contributed by atoms with Crippen molar-refractivity contribution in [1.82, 2.24) is 10.6 Å². The number of methoxy groups -OCH3 is 1. The van der Waals surface area contributed by atoms with Crippen molar-refractivity contribution in [3.05, 3.63) is 54.1 Å². The Morgan fingerprint density at radius 3 is 2.17 bits per heavy atom. The molecule has 2 aromatic carbocycles. The van der Waals surface area contributed by atoms with Crippen molar-refractivity contribution in [1.29, 1.82) is 0 Å². The zero-order valence-corrected chi connectivity index (χ0v) is 13.2. The van der Waals surface area contributed by atoms with Crippen molar-refractivity contribution >= 4 is 6.03 Å². The summed E-state index contributed by atoms with van der Waals surface area (Å²) in [4.78, 5) is 11.5. The highest BCUT2D eigenvalue weighted by atomic mass is 16.5. The van der Waals surface area contributed by atoms with Crippen LogP contribution in [0.5, 0.6) is 5.75 Å². The van der Waals surface area contributed by atoms with E-state index in [9.17, 15) is 4.79 Å². The summed E-state index contributed by atoms with van der Waals surface area (Å²) in [5.41, 5.74) is 3.26. The number of amides is 2. The molecule has 2 rings (SSSR count). The highest BCUT2D eigenvalue weighted by molar-refractivity contribution is 5.73. The van der Waals surface area contributed by atoms with Gasteiger partial charge in [0.15, 0.2) is 0 Å². The molecular formula is C18H22N2O3. The molecule has 0 fully saturated rings. The van der Waals surface area contributed by atoms with Crippen LogP contribution in [0.2, 0.25) is 0 Å². The molecule has 0 saturated heterocycles. The van der Waals surface area contributed by atoms with E-state index >= 15 is 0 Å². The second kappa shape index (κ2) is 8.80. The lowest BCUT2D eigenvalue weighted by Crippen LogP contribution is -2.35. The normalized spacial score (nSPS) is 10.2. The number of hydrogen-bond donors (Lipinski definition) is 3. The molecule has 3 N–H and O–H groups in total. The highest BCUT2D eigenvalue weighted by Crippen LogP contribution is 2.22. The maximum absolute atomic E-state index is 11.5. The number of nitrogens with one attached hydrogen (secondary N) is 2. The van der Waals surface area contributed by atoms with Gasteiger partial charge in [-0.25, -0.2) is 4.79 Å². The molecular weight excluding hydrogens is 292 g/mol. The van der Waals surface area contributed by atoms with Gasteiger partial charge in [0.1, 0.15) is 5.75 Å². The Bertz CT molecular complexity index is 609. The van der Waals surface area contributed by atoms with Crippen LogP contribution in [0.3, 0.4) is 0 Å². The molecule has 0 aliphatic carbocycles. The predicted molar refractivity (Wildman–Crippen MR) is 90.4 cm³/mol. The molecule has 0 radical (unpaired) electrons. The lowest BCUT2D eigenvalue weighted by Gasteiger charge is -2.08. The van der Waals surface area contributed by atoms with Crippen LogP contribution in [0.25, 0.3) is 11.1 Å². The molecule has 0 unspecified atom stereocenters. The molecule has 2 amide bonds. The average molecular weight is 314 g/mol. The van der Waals surface area contributed by atoms with Gasteiger partial charge < -0.3 is 20.5 Å². The maximum atomic E-state index is 11.5. The van der Waals surface area contributed by atoms with E-state index < -0.39 is 0 Å². The summed E-state index contributed by atoms with van der Waals surface area (Å²) < 4.78 is 5.15. The third-order valence-electron chi connectivity index (χ3n) is 3.45. The number of carbonyl (C=O) groups is 1. The minimum Gasteiger partial charge on any atom is -0.497 e. The highest BCUT2D eigenvalue weighted by Gasteiger charge is 2.01. The fraction of sp³-hybridized carbons (Fsp3) is 0.278. The zero-order valence-electron chi connectivity index (χ0n) is 13.2. The van der Waals surface area contributed by atoms with E-state index in [-0.39, 0.29) is 12.6 Å². The second-order valence-corrected chi connectivity index (χ2v) is 5.11. The van der Waals surface area contributed by atoms with Crippen LogP contribution < -0.4 is 15.4 Å². The topological polar surface area (TPSA) is 70.6 Å². The van der Waals surface area contributed by atoms with E-state index in [1.165, 1.54) is 0 Å². The Hall–Kier alpha value is -2.53. The van der Waals surface area contributed by atoms with Gasteiger partial charge in [-0.05, 0) is 35.2 Å². The molecule has 0 aliphatic heterocycles. The quantitative estimate of drug-likeness (QED) is 0.688. The molecule has 0 atom stereocenters. The molecule has 23 heavy (non-hydrogen) atoms. The van der Waals surface area contributed by atoms with Gasteiger partial charge >= 0.3 is 6.03 Å². The third-order valence-corrected chi connectivity index (χ3v) is 3.45. The fourth-order valence-corrected chi connectivity index (χ4v) is 2.12. The molecule has 0 spiro atoms. The zero-order chi connectivity index (χ0) is 16.5. The summed E-state index contributed by atoms with van der Waals surface area (Å²) in [6, 6.07) is 15.7. The molecule has 0 bridgehead atoms. The van der Waals surface area contributed by atoms with Gasteiger partial charge in [-0.1, -0.05) is 36.4 Å². The first-order chi connectivity index (χ1) is 11.2. The van der Waals surface area contributed by atoms with E-state index in [2.05, 4.69) is 10.6 Å². The van der Waals surface area contributed by atoms with E-state index in [0.29, 0.717) is 19.5 Å². The second-order valence-electron chi connectivity index (χ2n) is 5.11. The molecule has 0 aliphatic rings. The number of benzene rings is 2. The molecule has 0 saturated carbocycles. The number of aliphatic hydroxyl groups is 1. The Morgan fingerprint density at radius 1 is 1.00 bits per heavy atom. The number of urea groups is 1. The van der Waals surface area contributed by atoms with E-state index in [4.69, 9.17) is 9.84 Å². The van der Waals surface area contributed by atoms with Crippen LogP contribution in [-0.4, -0.2) is 31.4 Å². The minimum absolute atomic E-state index is 0.0765. The Balaban J connectivity index is 1.87. The van der Waals surface area contributed by atoms with Gasteiger partial charge in [0, 0.05) is 19.7 Å². The SMILES string of the molecule is COc1ccc(-c2ccc(CNC(=O)NCCCO)cc2)cc1. The van der Waals surface area contributed by atoms with Crippen molar-refractivity contribution in [2.45, 2.75) is 13.0 Å². The van der Waals surface area contributed by atoms with Gasteiger partial charge in [0.2, 0.25) is 0 Å². The lowest BCUT2D eigenvalue weighted by molar-refractivity contribution is 0.237. The Kier molecular flexibility index (Phi) is 6.44. The third kappa shape index (κ3) is 5.30. The van der Waals surface area contributed by atoms with Gasteiger partial charge in [-0.2, -0.15) is 0 Å². The average Bonchev–Trinajstić information content (AvgIpc) is 2.61. The van der Waals surface area contributed by atoms with Crippen molar-refractivity contribution in [3.63, 3.8) is 0 Å². The van der Waals surface area contributed by atoms with Crippen LogP contribution in [0.1, 0.15) is 12.0 Å². The van der Waals surface area contributed by atoms with Gasteiger partial charge in [0.25, 0.3) is 0 Å². The van der Waals surface area contributed by atoms with Gasteiger partial charge in [-0.3, -0.25) is 0 Å². The molecule has 2 aromatic rings. The maximum Gasteiger partial charge on any atom is 0.315 e. The van der Waals surface area contributed by atoms with E-state index in [1.54, 1.807) is 7.11 Å². The first-order valence-electron chi connectivity index (χ1n) is 7.59. The first-order valence-corrected chi connectivity index (χ1v) is 7.59. The largest absolute Gasteiger partial charge is 0.497 e. The molecule has 0 aromatic heterocycles. The summed E-state index contributed by atoms with van der Waals surface area (Å²) in [5, 5.41) is 14.1. The summed E-state index contributed by atoms with van der Waals surface area (Å²) in [6.07, 6.45) is 0.560. The summed E-state index contributed by atoms with van der Waals surface area (Å²) in [5.74, 6) is 0.835. The van der Waals surface area contributed by atoms with Crippen molar-refractivity contribution in [2.75, 3.05) is 20.3 Å². The van der Waals surface area contributed by atoms with Crippen LogP contribution in [0.15, 0.2) is 48.5 Å². The number of carbonyl (C=O) groups excluding carboxylic acids is 1. The molecule has 5 nitrogen and oxygen atoms in total. The fourth-order valence-electron chi connectivity index (χ4n) is 2.12. The van der Waals surface area contributed by atoms with Crippen molar-refractivity contribution in [3.8, 4) is 16.9 Å². The van der Waals surface area contributed by atoms with Crippen LogP contribution in [0.4, 0.5) is 4.79 Å². The monoisotopic (exact) mass is 314 g/mol. The van der Waals surface area contributed by atoms with Crippen LogP contribution in [-0.2, 0) is 6.54 Å². The number of ether oxygens (including phenoxy) is 1. The summed E-state index contributed by atoms with van der Waals surface area (Å²) >= 11 is 0. The molecule has 5 heteroatoms. The minimum atomic E-state index is -0.224. The number of hydrogen-bond acceptors (Lipinski definition) is 3. The Labute approximate surface area is 136 Å². The van der Waals surface area contributed by atoms with Gasteiger partial charge in [0.05, 0.1) is 7.11 Å². The first kappa shape index (κ1) is 16.8. The smallest absolute Gasteiger partial charge is 0.315 e. The van der Waals surface area contributed by atoms with Crippen LogP contribution >= 0.6 is 0 Å². The van der Waals surface area contributed by atoms with Crippen molar-refractivity contribution < 1.29 is 14.6 Å². The standard InChI is InChI=1S/C18H22N2O3/c1-23-17-9-7-16(8-10-17)15-5-3-14(4-6-15)13-20-18(22)19-11-2-12-21/h3-10,21H,2,11-13H2,1H3,(H2,19,20,22). The lowest BCUT2D eigenvalue weighted by atomic mass is 10.0. The summed E-state index contributed by atoms with van der Waals surface area (Å²) in [7, 11) is 1.65. The van der Waals surface area contributed by atoms with Crippen molar-refractivity contribution in [2.24, 2.45) is 0 Å². The number of aliphatic hydroxyl groups excluding tert-OH is 1. The molecule has 0 heterocycles. The summed E-state index contributed by atoms with van der Waals surface area (Å²) in [6.45, 7) is 1.01. The predicted octanol–water partition coefficient (Wildman–Crippen LogP) is 2.54. The van der Waals surface area contributed by atoms with E-state index in [0.717, 1.165) is 22.4 Å². The Morgan fingerprint density at radius 2 is 1.61 bits per heavy atom. The molecule has 122 valence electrons. The van der Waals surface area contributed by atoms with Crippen LogP contribution in [0, 0.1) is 0 Å².